The summed E-state index contributed by atoms with van der Waals surface area (Å²) >= 11 is 0. The number of carbonyl (C=O) groups excluding carboxylic acids is 1. The summed E-state index contributed by atoms with van der Waals surface area (Å²) in [5.41, 5.74) is -0.369. The standard InChI is InChI=1S/C9H10F2N2O3S/c1-5(17(2,15)16)9(14)12-6-3-4-7(10)13-8(6)11/h3-5H,1-2H3,(H,12,14). The molecule has 17 heavy (non-hydrogen) atoms. The van der Waals surface area contributed by atoms with Gasteiger partial charge in [0, 0.05) is 6.26 Å². The van der Waals surface area contributed by atoms with Crippen LogP contribution in [0.3, 0.4) is 0 Å². The van der Waals surface area contributed by atoms with Crippen LogP contribution in [0.25, 0.3) is 0 Å². The molecule has 0 fully saturated rings. The van der Waals surface area contributed by atoms with E-state index in [1.165, 1.54) is 6.92 Å². The second kappa shape index (κ2) is 4.74. The Kier molecular flexibility index (Phi) is 3.76. The molecule has 1 heterocycles. The van der Waals surface area contributed by atoms with Crippen molar-refractivity contribution in [2.24, 2.45) is 0 Å². The lowest BCUT2D eigenvalue weighted by atomic mass is 10.3. The van der Waals surface area contributed by atoms with Crippen LogP contribution in [0.4, 0.5) is 14.5 Å². The van der Waals surface area contributed by atoms with E-state index < -0.39 is 32.9 Å². The Morgan fingerprint density at radius 3 is 2.47 bits per heavy atom. The molecule has 0 radical (unpaired) electrons. The number of hydrogen-bond acceptors (Lipinski definition) is 4. The third-order valence-electron chi connectivity index (χ3n) is 2.08. The average molecular weight is 264 g/mol. The SMILES string of the molecule is CC(C(=O)Nc1ccc(F)nc1F)S(C)(=O)=O. The Morgan fingerprint density at radius 2 is 2.00 bits per heavy atom. The molecule has 0 aliphatic heterocycles. The molecule has 0 aliphatic rings. The third-order valence-corrected chi connectivity index (χ3v) is 3.58. The van der Waals surface area contributed by atoms with Gasteiger partial charge in [-0.2, -0.15) is 13.8 Å². The van der Waals surface area contributed by atoms with Crippen molar-refractivity contribution < 1.29 is 22.0 Å². The molecule has 0 bridgehead atoms. The topological polar surface area (TPSA) is 76.1 Å². The predicted octanol–water partition coefficient (Wildman–Crippen LogP) is 0.731. The number of pyridine rings is 1. The predicted molar refractivity (Wildman–Crippen MR) is 57.1 cm³/mol. The molecular formula is C9H10F2N2O3S. The summed E-state index contributed by atoms with van der Waals surface area (Å²) in [6.07, 6.45) is 0.885. The van der Waals surface area contributed by atoms with E-state index in [4.69, 9.17) is 0 Å². The van der Waals surface area contributed by atoms with Crippen LogP contribution in [0.1, 0.15) is 6.92 Å². The molecule has 1 rings (SSSR count). The molecule has 1 aromatic heterocycles. The summed E-state index contributed by atoms with van der Waals surface area (Å²) in [5.74, 6) is -3.14. The van der Waals surface area contributed by atoms with Crippen LogP contribution in [-0.2, 0) is 14.6 Å². The van der Waals surface area contributed by atoms with Gasteiger partial charge in [0.05, 0.1) is 5.69 Å². The summed E-state index contributed by atoms with van der Waals surface area (Å²) < 4.78 is 47.7. The van der Waals surface area contributed by atoms with Gasteiger partial charge in [0.1, 0.15) is 5.25 Å². The fraction of sp³-hybridized carbons (Fsp3) is 0.333. The monoisotopic (exact) mass is 264 g/mol. The van der Waals surface area contributed by atoms with Gasteiger partial charge >= 0.3 is 0 Å². The lowest BCUT2D eigenvalue weighted by Gasteiger charge is -2.10. The van der Waals surface area contributed by atoms with E-state index in [0.717, 1.165) is 18.4 Å². The van der Waals surface area contributed by atoms with Crippen molar-refractivity contribution >= 4 is 21.4 Å². The van der Waals surface area contributed by atoms with E-state index in [1.54, 1.807) is 0 Å². The largest absolute Gasteiger partial charge is 0.321 e. The summed E-state index contributed by atoms with van der Waals surface area (Å²) in [4.78, 5) is 14.3. The van der Waals surface area contributed by atoms with Crippen molar-refractivity contribution in [1.29, 1.82) is 0 Å². The molecule has 1 N–H and O–H groups in total. The quantitative estimate of drug-likeness (QED) is 0.817. The zero-order valence-corrected chi connectivity index (χ0v) is 9.88. The lowest BCUT2D eigenvalue weighted by molar-refractivity contribution is -0.115. The smallest absolute Gasteiger partial charge is 0.242 e. The average Bonchev–Trinajstić information content (AvgIpc) is 2.19. The van der Waals surface area contributed by atoms with E-state index in [1.807, 2.05) is 5.32 Å². The zero-order chi connectivity index (χ0) is 13.2. The summed E-state index contributed by atoms with van der Waals surface area (Å²) in [5, 5.41) is 0.695. The molecule has 0 aliphatic carbocycles. The normalized spacial score (nSPS) is 13.2. The highest BCUT2D eigenvalue weighted by atomic mass is 32.2. The van der Waals surface area contributed by atoms with E-state index in [0.29, 0.717) is 0 Å². The van der Waals surface area contributed by atoms with Crippen molar-refractivity contribution in [3.05, 3.63) is 24.0 Å². The first kappa shape index (κ1) is 13.5. The number of nitrogens with one attached hydrogen (secondary N) is 1. The maximum Gasteiger partial charge on any atom is 0.242 e. The van der Waals surface area contributed by atoms with Crippen LogP contribution in [0.2, 0.25) is 0 Å². The van der Waals surface area contributed by atoms with Gasteiger partial charge in [0.25, 0.3) is 0 Å². The summed E-state index contributed by atoms with van der Waals surface area (Å²) in [7, 11) is -3.57. The fourth-order valence-electron chi connectivity index (χ4n) is 0.934. The summed E-state index contributed by atoms with van der Waals surface area (Å²) in [6.45, 7) is 1.17. The lowest BCUT2D eigenvalue weighted by Crippen LogP contribution is -2.32. The Morgan fingerprint density at radius 1 is 1.41 bits per heavy atom. The van der Waals surface area contributed by atoms with Gasteiger partial charge in [-0.15, -0.1) is 0 Å². The number of amides is 1. The Balaban J connectivity index is 2.89. The number of nitrogens with zero attached hydrogens (tertiary/aromatic N) is 1. The molecular weight excluding hydrogens is 254 g/mol. The van der Waals surface area contributed by atoms with Crippen molar-refractivity contribution in [2.75, 3.05) is 11.6 Å². The molecule has 0 aromatic carbocycles. The number of carbonyl (C=O) groups is 1. The van der Waals surface area contributed by atoms with Gasteiger partial charge in [-0.25, -0.2) is 8.42 Å². The zero-order valence-electron chi connectivity index (χ0n) is 9.07. The van der Waals surface area contributed by atoms with Crippen LogP contribution in [0.5, 0.6) is 0 Å². The van der Waals surface area contributed by atoms with Crippen LogP contribution < -0.4 is 5.32 Å². The first-order chi connectivity index (χ1) is 7.71. The molecule has 5 nitrogen and oxygen atoms in total. The van der Waals surface area contributed by atoms with Crippen molar-refractivity contribution in [1.82, 2.24) is 4.98 Å². The molecule has 0 saturated carbocycles. The number of sulfone groups is 1. The number of anilines is 1. The third kappa shape index (κ3) is 3.45. The minimum Gasteiger partial charge on any atom is -0.321 e. The molecule has 1 atom stereocenters. The maximum absolute atomic E-state index is 13.1. The Labute approximate surface area is 96.8 Å². The number of halogens is 2. The van der Waals surface area contributed by atoms with Crippen LogP contribution >= 0.6 is 0 Å². The molecule has 94 valence electrons. The van der Waals surface area contributed by atoms with Crippen molar-refractivity contribution in [3.63, 3.8) is 0 Å². The second-order valence-corrected chi connectivity index (χ2v) is 5.80. The van der Waals surface area contributed by atoms with Crippen molar-refractivity contribution in [3.8, 4) is 0 Å². The minimum atomic E-state index is -3.57. The van der Waals surface area contributed by atoms with E-state index in [9.17, 15) is 22.0 Å². The molecule has 1 amide bonds. The second-order valence-electron chi connectivity index (χ2n) is 3.43. The highest BCUT2D eigenvalue weighted by molar-refractivity contribution is 7.92. The van der Waals surface area contributed by atoms with Crippen LogP contribution in [0, 0.1) is 11.9 Å². The number of rotatable bonds is 3. The van der Waals surface area contributed by atoms with E-state index in [2.05, 4.69) is 4.98 Å². The first-order valence-corrected chi connectivity index (χ1v) is 6.49. The molecule has 0 spiro atoms. The molecule has 1 unspecified atom stereocenters. The van der Waals surface area contributed by atoms with Gasteiger partial charge in [-0.1, -0.05) is 0 Å². The Hall–Kier alpha value is -1.57. The van der Waals surface area contributed by atoms with Crippen molar-refractivity contribution in [2.45, 2.75) is 12.2 Å². The van der Waals surface area contributed by atoms with Gasteiger partial charge in [0.2, 0.25) is 17.8 Å². The summed E-state index contributed by atoms with van der Waals surface area (Å²) in [6, 6.07) is 1.81. The molecule has 8 heteroatoms. The van der Waals surface area contributed by atoms with Gasteiger partial charge < -0.3 is 5.32 Å². The minimum absolute atomic E-state index is 0.369. The van der Waals surface area contributed by atoms with E-state index >= 15 is 0 Å². The highest BCUT2D eigenvalue weighted by Crippen LogP contribution is 2.13. The molecule has 0 saturated heterocycles. The van der Waals surface area contributed by atoms with Gasteiger partial charge in [0.15, 0.2) is 9.84 Å². The fourth-order valence-corrected chi connectivity index (χ4v) is 1.38. The first-order valence-electron chi connectivity index (χ1n) is 4.53. The number of aromatic nitrogens is 1. The maximum atomic E-state index is 13.1. The van der Waals surface area contributed by atoms with Gasteiger partial charge in [-0.3, -0.25) is 4.79 Å². The number of hydrogen-bond donors (Lipinski definition) is 1. The Bertz CT molecular complexity index is 545. The highest BCUT2D eigenvalue weighted by Gasteiger charge is 2.24. The molecule has 1 aromatic rings. The van der Waals surface area contributed by atoms with Crippen LogP contribution in [0.15, 0.2) is 12.1 Å². The van der Waals surface area contributed by atoms with Gasteiger partial charge in [-0.05, 0) is 19.1 Å². The van der Waals surface area contributed by atoms with Crippen LogP contribution in [-0.4, -0.2) is 30.8 Å². The van der Waals surface area contributed by atoms with E-state index in [-0.39, 0.29) is 5.69 Å².